The molecule has 29 heavy (non-hydrogen) atoms. The zero-order chi connectivity index (χ0) is 20.2. The molecular weight excluding hydrogens is 362 g/mol. The van der Waals surface area contributed by atoms with Crippen LogP contribution in [0.15, 0.2) is 66.9 Å². The van der Waals surface area contributed by atoms with Gasteiger partial charge in [-0.3, -0.25) is 10.00 Å². The molecule has 0 aliphatic heterocycles. The standard InChI is InChI=1S/C23H25N5O/c1-17-12-20(25-24-17)16-27(2)14-19-15-28(21-9-5-4-6-10-21)26-23(19)18-8-7-11-22(13-18)29-3/h4-13,15H,14,16H2,1-3H3,(H,24,25). The minimum atomic E-state index is 0.755. The quantitative estimate of drug-likeness (QED) is 0.516. The highest BCUT2D eigenvalue weighted by Gasteiger charge is 2.15. The predicted molar refractivity (Wildman–Crippen MR) is 114 cm³/mol. The Labute approximate surface area is 170 Å². The second kappa shape index (κ2) is 8.32. The summed E-state index contributed by atoms with van der Waals surface area (Å²) in [6, 6.07) is 20.3. The van der Waals surface area contributed by atoms with Gasteiger partial charge in [0.25, 0.3) is 0 Å². The van der Waals surface area contributed by atoms with Crippen LogP contribution in [0.3, 0.4) is 0 Å². The van der Waals surface area contributed by atoms with Crippen LogP contribution in [0.5, 0.6) is 5.75 Å². The van der Waals surface area contributed by atoms with Gasteiger partial charge in [-0.1, -0.05) is 30.3 Å². The lowest BCUT2D eigenvalue weighted by molar-refractivity contribution is 0.315. The Balaban J connectivity index is 1.67. The molecule has 0 aliphatic carbocycles. The Morgan fingerprint density at radius 2 is 1.86 bits per heavy atom. The molecule has 2 heterocycles. The molecule has 2 aromatic heterocycles. The Morgan fingerprint density at radius 1 is 1.03 bits per heavy atom. The first-order valence-electron chi connectivity index (χ1n) is 9.60. The van der Waals surface area contributed by atoms with Crippen LogP contribution >= 0.6 is 0 Å². The summed E-state index contributed by atoms with van der Waals surface area (Å²) in [5.41, 5.74) is 6.28. The summed E-state index contributed by atoms with van der Waals surface area (Å²) in [5.74, 6) is 0.822. The van der Waals surface area contributed by atoms with Gasteiger partial charge >= 0.3 is 0 Å². The van der Waals surface area contributed by atoms with Crippen LogP contribution in [0.2, 0.25) is 0 Å². The maximum atomic E-state index is 5.41. The van der Waals surface area contributed by atoms with E-state index in [-0.39, 0.29) is 0 Å². The van der Waals surface area contributed by atoms with Crippen LogP contribution in [0.25, 0.3) is 16.9 Å². The number of aromatic amines is 1. The highest BCUT2D eigenvalue weighted by Crippen LogP contribution is 2.28. The fraction of sp³-hybridized carbons (Fsp3) is 0.217. The van der Waals surface area contributed by atoms with E-state index in [9.17, 15) is 0 Å². The van der Waals surface area contributed by atoms with Gasteiger partial charge in [-0.05, 0) is 44.3 Å². The lowest BCUT2D eigenvalue weighted by Gasteiger charge is -2.15. The zero-order valence-corrected chi connectivity index (χ0v) is 17.0. The van der Waals surface area contributed by atoms with E-state index in [1.54, 1.807) is 7.11 Å². The summed E-state index contributed by atoms with van der Waals surface area (Å²) in [6.07, 6.45) is 2.11. The van der Waals surface area contributed by atoms with Crippen molar-refractivity contribution < 1.29 is 4.74 Å². The van der Waals surface area contributed by atoms with E-state index < -0.39 is 0 Å². The van der Waals surface area contributed by atoms with E-state index in [4.69, 9.17) is 9.84 Å². The number of aromatic nitrogens is 4. The first-order valence-corrected chi connectivity index (χ1v) is 9.60. The molecule has 4 aromatic rings. The molecule has 148 valence electrons. The van der Waals surface area contributed by atoms with Gasteiger partial charge in [0, 0.05) is 36.1 Å². The van der Waals surface area contributed by atoms with E-state index in [1.165, 1.54) is 0 Å². The number of hydrogen-bond acceptors (Lipinski definition) is 4. The lowest BCUT2D eigenvalue weighted by Crippen LogP contribution is -2.17. The van der Waals surface area contributed by atoms with Crippen molar-refractivity contribution in [2.24, 2.45) is 0 Å². The van der Waals surface area contributed by atoms with Gasteiger partial charge in [0.15, 0.2) is 0 Å². The van der Waals surface area contributed by atoms with Gasteiger partial charge in [0.05, 0.1) is 24.2 Å². The van der Waals surface area contributed by atoms with Crippen molar-refractivity contribution in [2.75, 3.05) is 14.2 Å². The van der Waals surface area contributed by atoms with E-state index >= 15 is 0 Å². The molecule has 0 spiro atoms. The van der Waals surface area contributed by atoms with Gasteiger partial charge in [-0.2, -0.15) is 10.2 Å². The molecule has 0 atom stereocenters. The van der Waals surface area contributed by atoms with Crippen LogP contribution < -0.4 is 4.74 Å². The van der Waals surface area contributed by atoms with Gasteiger partial charge in [-0.25, -0.2) is 4.68 Å². The number of rotatable bonds is 7. The molecule has 0 saturated carbocycles. The van der Waals surface area contributed by atoms with Crippen molar-refractivity contribution in [3.63, 3.8) is 0 Å². The maximum Gasteiger partial charge on any atom is 0.119 e. The average molecular weight is 387 g/mol. The average Bonchev–Trinajstić information content (AvgIpc) is 3.34. The topological polar surface area (TPSA) is 59.0 Å². The number of ether oxygens (including phenoxy) is 1. The predicted octanol–water partition coefficient (Wildman–Crippen LogP) is 4.21. The fourth-order valence-corrected chi connectivity index (χ4v) is 3.43. The van der Waals surface area contributed by atoms with E-state index in [0.29, 0.717) is 0 Å². The molecule has 4 rings (SSSR count). The van der Waals surface area contributed by atoms with Crippen molar-refractivity contribution in [1.29, 1.82) is 0 Å². The van der Waals surface area contributed by atoms with Crippen LogP contribution in [-0.2, 0) is 13.1 Å². The number of nitrogens with one attached hydrogen (secondary N) is 1. The zero-order valence-electron chi connectivity index (χ0n) is 17.0. The molecular formula is C23H25N5O. The molecule has 0 fully saturated rings. The summed E-state index contributed by atoms with van der Waals surface area (Å²) in [4.78, 5) is 2.24. The molecule has 0 unspecified atom stereocenters. The second-order valence-electron chi connectivity index (χ2n) is 7.23. The van der Waals surface area contributed by atoms with Crippen molar-refractivity contribution in [3.8, 4) is 22.7 Å². The van der Waals surface area contributed by atoms with Crippen molar-refractivity contribution in [2.45, 2.75) is 20.0 Å². The number of para-hydroxylation sites is 1. The number of nitrogens with zero attached hydrogens (tertiary/aromatic N) is 4. The Bertz CT molecular complexity index is 1080. The number of methoxy groups -OCH3 is 1. The van der Waals surface area contributed by atoms with Crippen molar-refractivity contribution >= 4 is 0 Å². The summed E-state index contributed by atoms with van der Waals surface area (Å²) >= 11 is 0. The molecule has 6 heteroatoms. The maximum absolute atomic E-state index is 5.41. The van der Waals surface area contributed by atoms with Crippen molar-refractivity contribution in [1.82, 2.24) is 24.9 Å². The Morgan fingerprint density at radius 3 is 2.59 bits per heavy atom. The minimum Gasteiger partial charge on any atom is -0.497 e. The summed E-state index contributed by atoms with van der Waals surface area (Å²) in [7, 11) is 3.78. The largest absolute Gasteiger partial charge is 0.497 e. The molecule has 2 aromatic carbocycles. The van der Waals surface area contributed by atoms with Crippen LogP contribution in [0.4, 0.5) is 0 Å². The number of benzene rings is 2. The number of H-pyrrole nitrogens is 1. The summed E-state index contributed by atoms with van der Waals surface area (Å²) < 4.78 is 7.35. The normalized spacial score (nSPS) is 11.2. The van der Waals surface area contributed by atoms with Gasteiger partial charge < -0.3 is 4.74 Å². The van der Waals surface area contributed by atoms with Gasteiger partial charge in [-0.15, -0.1) is 0 Å². The van der Waals surface area contributed by atoms with Gasteiger partial charge in [0.2, 0.25) is 0 Å². The molecule has 0 saturated heterocycles. The number of hydrogen-bond donors (Lipinski definition) is 1. The van der Waals surface area contributed by atoms with Crippen LogP contribution in [-0.4, -0.2) is 39.0 Å². The molecule has 0 radical (unpaired) electrons. The second-order valence-corrected chi connectivity index (χ2v) is 7.23. The SMILES string of the molecule is COc1cccc(-c2nn(-c3ccccc3)cc2CN(C)Cc2cc(C)[nH]n2)c1. The molecule has 1 N–H and O–H groups in total. The van der Waals surface area contributed by atoms with Crippen molar-refractivity contribution in [3.05, 3.63) is 83.8 Å². The molecule has 0 aliphatic rings. The Kier molecular flexibility index (Phi) is 5.44. The highest BCUT2D eigenvalue weighted by molar-refractivity contribution is 5.65. The first-order chi connectivity index (χ1) is 14.1. The minimum absolute atomic E-state index is 0.755. The third kappa shape index (κ3) is 4.38. The van der Waals surface area contributed by atoms with E-state index in [2.05, 4.69) is 52.6 Å². The fourth-order valence-electron chi connectivity index (χ4n) is 3.43. The number of aryl methyl sites for hydroxylation is 1. The van der Waals surface area contributed by atoms with Gasteiger partial charge in [0.1, 0.15) is 5.75 Å². The summed E-state index contributed by atoms with van der Waals surface area (Å²) in [5, 5.41) is 12.3. The molecule has 0 amide bonds. The van der Waals surface area contributed by atoms with E-state index in [1.807, 2.05) is 48.0 Å². The van der Waals surface area contributed by atoms with Crippen LogP contribution in [0, 0.1) is 6.92 Å². The third-order valence-electron chi connectivity index (χ3n) is 4.79. The van der Waals surface area contributed by atoms with E-state index in [0.717, 1.165) is 52.7 Å². The molecule has 0 bridgehead atoms. The van der Waals surface area contributed by atoms with Crippen LogP contribution in [0.1, 0.15) is 17.0 Å². The Hall–Kier alpha value is -3.38. The lowest BCUT2D eigenvalue weighted by atomic mass is 10.1. The monoisotopic (exact) mass is 387 g/mol. The first kappa shape index (κ1) is 19.0. The highest BCUT2D eigenvalue weighted by atomic mass is 16.5. The third-order valence-corrected chi connectivity index (χ3v) is 4.79. The molecule has 6 nitrogen and oxygen atoms in total. The summed E-state index contributed by atoms with van der Waals surface area (Å²) in [6.45, 7) is 3.53. The smallest absolute Gasteiger partial charge is 0.119 e.